The number of ether oxygens (including phenoxy) is 1. The molecule has 0 saturated carbocycles. The maximum atomic E-state index is 5.62. The van der Waals surface area contributed by atoms with Gasteiger partial charge in [-0.15, -0.1) is 0 Å². The summed E-state index contributed by atoms with van der Waals surface area (Å²) in [5.41, 5.74) is 1.32. The first kappa shape index (κ1) is 9.58. The van der Waals surface area contributed by atoms with Crippen molar-refractivity contribution in [2.45, 2.75) is 19.9 Å². The van der Waals surface area contributed by atoms with Crippen LogP contribution in [0.3, 0.4) is 0 Å². The van der Waals surface area contributed by atoms with Crippen molar-refractivity contribution >= 4 is 0 Å². The van der Waals surface area contributed by atoms with Crippen molar-refractivity contribution in [3.05, 3.63) is 11.5 Å². The maximum Gasteiger partial charge on any atom is 0.112 e. The van der Waals surface area contributed by atoms with Gasteiger partial charge in [0.05, 0.1) is 6.04 Å². The Morgan fingerprint density at radius 1 is 1.38 bits per heavy atom. The lowest BCUT2D eigenvalue weighted by Gasteiger charge is -2.48. The van der Waals surface area contributed by atoms with E-state index in [0.29, 0.717) is 6.04 Å². The van der Waals surface area contributed by atoms with E-state index in [-0.39, 0.29) is 0 Å². The minimum atomic E-state index is 0.564. The van der Waals surface area contributed by atoms with Crippen molar-refractivity contribution in [2.75, 3.05) is 26.2 Å². The van der Waals surface area contributed by atoms with Crippen LogP contribution in [0.1, 0.15) is 13.8 Å². The van der Waals surface area contributed by atoms with Crippen molar-refractivity contribution in [2.24, 2.45) is 0 Å². The highest BCUT2D eigenvalue weighted by Crippen LogP contribution is 2.22. The molecule has 1 radical (unpaired) electrons. The first-order valence-electron chi connectivity index (χ1n) is 4.66. The van der Waals surface area contributed by atoms with Gasteiger partial charge in [0.15, 0.2) is 0 Å². The highest BCUT2D eigenvalue weighted by molar-refractivity contribution is 5.09. The largest absolute Gasteiger partial charge is 0.699 e. The summed E-state index contributed by atoms with van der Waals surface area (Å²) in [6, 6.07) is 0.564. The van der Waals surface area contributed by atoms with Crippen molar-refractivity contribution in [3.8, 4) is 0 Å². The molecule has 0 N–H and O–H groups in total. The van der Waals surface area contributed by atoms with Gasteiger partial charge in [-0.2, -0.15) is 0 Å². The third kappa shape index (κ3) is 1.79. The maximum absolute atomic E-state index is 5.62. The van der Waals surface area contributed by atoms with Gasteiger partial charge in [-0.3, -0.25) is 0 Å². The molecule has 2 aliphatic heterocycles. The van der Waals surface area contributed by atoms with Gasteiger partial charge in [0.2, 0.25) is 0 Å². The van der Waals surface area contributed by atoms with Crippen LogP contribution < -0.4 is 22.9 Å². The average Bonchev–Trinajstić information content (AvgIpc) is 2.12. The Balaban J connectivity index is 2.14. The van der Waals surface area contributed by atoms with Crippen molar-refractivity contribution in [1.29, 1.82) is 0 Å². The Hall–Kier alpha value is 0.0300. The van der Waals surface area contributed by atoms with E-state index < -0.39 is 0 Å². The van der Waals surface area contributed by atoms with Crippen molar-refractivity contribution in [1.82, 2.24) is 8.01 Å². The fraction of sp³-hybridized carbons (Fsp3) is 0.778. The van der Waals surface area contributed by atoms with Crippen molar-refractivity contribution in [3.63, 3.8) is 0 Å². The second-order valence-corrected chi connectivity index (χ2v) is 5.03. The van der Waals surface area contributed by atoms with Gasteiger partial charge >= 0.3 is 0 Å². The minimum Gasteiger partial charge on any atom is -0.699 e. The van der Waals surface area contributed by atoms with Crippen molar-refractivity contribution < 1.29 is 27.6 Å². The van der Waals surface area contributed by atoms with Crippen LogP contribution in [0.5, 0.6) is 0 Å². The van der Waals surface area contributed by atoms with Gasteiger partial charge in [0.25, 0.3) is 0 Å². The predicted octanol–water partition coefficient (Wildman–Crippen LogP) is -2.28. The standard InChI is InChI=1S/C9H15IN2O/c1-7-8(2)13-6-9-5-11(10)3-4-12(7)9/h9H,3-6H2,1-2H3/q-1. The number of rotatable bonds is 0. The summed E-state index contributed by atoms with van der Waals surface area (Å²) in [5.74, 6) is 1.10. The van der Waals surface area contributed by atoms with E-state index in [0.717, 1.165) is 32.0 Å². The zero-order valence-corrected chi connectivity index (χ0v) is 10.2. The number of hydrogen-bond acceptors (Lipinski definition) is 3. The Labute approximate surface area is 93.2 Å². The molecule has 0 aliphatic carbocycles. The van der Waals surface area contributed by atoms with E-state index in [4.69, 9.17) is 4.74 Å². The van der Waals surface area contributed by atoms with Gasteiger partial charge in [0, 0.05) is 12.2 Å². The van der Waals surface area contributed by atoms with E-state index >= 15 is 0 Å². The summed E-state index contributed by atoms with van der Waals surface area (Å²) < 4.78 is 7.96. The fourth-order valence-corrected chi connectivity index (χ4v) is 2.60. The molecule has 2 aliphatic rings. The van der Waals surface area contributed by atoms with Crippen LogP contribution in [0.25, 0.3) is 0 Å². The summed E-state index contributed by atoms with van der Waals surface area (Å²) in [4.78, 5) is 2.48. The van der Waals surface area contributed by atoms with Crippen LogP contribution >= 0.6 is 0 Å². The summed E-state index contributed by atoms with van der Waals surface area (Å²) in [5, 5.41) is 0. The number of nitrogens with zero attached hydrogens (tertiary/aromatic N) is 2. The first-order valence-corrected chi connectivity index (χ1v) is 5.62. The molecule has 3 nitrogen and oxygen atoms in total. The molecule has 1 unspecified atom stereocenters. The molecule has 0 amide bonds. The lowest BCUT2D eigenvalue weighted by atomic mass is 10.1. The lowest BCUT2D eigenvalue weighted by molar-refractivity contribution is -0.580. The summed E-state index contributed by atoms with van der Waals surface area (Å²) in [6.45, 7) is 8.47. The van der Waals surface area contributed by atoms with Gasteiger partial charge in [-0.05, 0) is 26.9 Å². The Bertz CT molecular complexity index is 242. The zero-order valence-electron chi connectivity index (χ0n) is 8.09. The second kappa shape index (κ2) is 3.65. The van der Waals surface area contributed by atoms with E-state index in [1.807, 2.05) is 0 Å². The Kier molecular flexibility index (Phi) is 2.69. The predicted molar refractivity (Wildman–Crippen MR) is 46.4 cm³/mol. The third-order valence-electron chi connectivity index (χ3n) is 2.87. The third-order valence-corrected chi connectivity index (χ3v) is 3.74. The fourth-order valence-electron chi connectivity index (χ4n) is 1.93. The second-order valence-electron chi connectivity index (χ2n) is 3.67. The van der Waals surface area contributed by atoms with Crippen LogP contribution in [-0.2, 0) is 4.74 Å². The molecule has 0 aromatic carbocycles. The number of hydrogen-bond donors (Lipinski definition) is 0. The van der Waals surface area contributed by atoms with Crippen LogP contribution in [0.4, 0.5) is 0 Å². The van der Waals surface area contributed by atoms with E-state index in [1.165, 1.54) is 5.70 Å². The summed E-state index contributed by atoms with van der Waals surface area (Å²) >= 11 is 2.39. The quantitative estimate of drug-likeness (QED) is 0.370. The highest BCUT2D eigenvalue weighted by Gasteiger charge is 2.28. The lowest BCUT2D eigenvalue weighted by Crippen LogP contribution is -3.42. The number of fused-ring (bicyclic) bond motifs is 1. The van der Waals surface area contributed by atoms with Crippen LogP contribution in [0.2, 0.25) is 0 Å². The Morgan fingerprint density at radius 2 is 2.15 bits per heavy atom. The molecule has 0 aromatic heterocycles. The smallest absolute Gasteiger partial charge is 0.112 e. The van der Waals surface area contributed by atoms with Gasteiger partial charge in [-0.1, -0.05) is 0 Å². The van der Waals surface area contributed by atoms with E-state index in [2.05, 4.69) is 44.7 Å². The van der Waals surface area contributed by atoms with E-state index in [9.17, 15) is 0 Å². The topological polar surface area (TPSA) is 15.7 Å². The van der Waals surface area contributed by atoms with Crippen LogP contribution in [0.15, 0.2) is 11.5 Å². The minimum absolute atomic E-state index is 0.564. The number of piperazine rings is 1. The molecule has 75 valence electrons. The monoisotopic (exact) mass is 294 g/mol. The molecule has 2 rings (SSSR count). The molecule has 4 heteroatoms. The highest BCUT2D eigenvalue weighted by atomic mass is 127. The van der Waals surface area contributed by atoms with E-state index in [1.54, 1.807) is 0 Å². The van der Waals surface area contributed by atoms with Crippen LogP contribution in [0, 0.1) is 0 Å². The van der Waals surface area contributed by atoms with Gasteiger partial charge in [0.1, 0.15) is 12.4 Å². The summed E-state index contributed by atoms with van der Waals surface area (Å²) in [6.07, 6.45) is 0. The normalized spacial score (nSPS) is 30.1. The molecule has 1 atom stereocenters. The molecule has 0 aromatic rings. The first-order chi connectivity index (χ1) is 6.18. The average molecular weight is 294 g/mol. The van der Waals surface area contributed by atoms with Gasteiger partial charge in [-0.25, -0.2) is 0 Å². The zero-order chi connectivity index (χ0) is 9.42. The molecule has 2 heterocycles. The van der Waals surface area contributed by atoms with Crippen LogP contribution in [-0.4, -0.2) is 40.3 Å². The SMILES string of the molecule is CC1=C(C)N2CCN([I-])CC2CO1. The molecule has 13 heavy (non-hydrogen) atoms. The molecular weight excluding hydrogens is 279 g/mol. The number of halogens is 1. The van der Waals surface area contributed by atoms with Gasteiger partial charge < -0.3 is 35.6 Å². The number of allylic oxidation sites excluding steroid dienone is 2. The molecule has 0 bridgehead atoms. The molecule has 1 saturated heterocycles. The molecular formula is C9H15IN2O-. The summed E-state index contributed by atoms with van der Waals surface area (Å²) in [7, 11) is 0. The molecule has 1 fully saturated rings. The molecule has 0 spiro atoms. The Morgan fingerprint density at radius 3 is 2.92 bits per heavy atom.